The van der Waals surface area contributed by atoms with Crippen molar-refractivity contribution in [2.24, 2.45) is 0 Å². The Balaban J connectivity index is 3.59. The Hall–Kier alpha value is -2.57. The molecule has 1 rings (SSSR count). The summed E-state index contributed by atoms with van der Waals surface area (Å²) < 4.78 is 0. The molecule has 1 aromatic carbocycles. The maximum Gasteiger partial charge on any atom is 0.298 e. The highest BCUT2D eigenvalue weighted by atomic mass is 35.5. The third kappa shape index (κ3) is 2.51. The Morgan fingerprint density at radius 2 is 2.06 bits per heavy atom. The number of nitriles is 2. The summed E-state index contributed by atoms with van der Waals surface area (Å²) in [7, 11) is 0. The lowest BCUT2D eigenvalue weighted by molar-refractivity contribution is -0.385. The van der Waals surface area contributed by atoms with Crippen LogP contribution in [0.25, 0.3) is 6.08 Å². The van der Waals surface area contributed by atoms with E-state index in [1.54, 1.807) is 0 Å². The average Bonchev–Trinajstić information content (AvgIpc) is 2.29. The van der Waals surface area contributed by atoms with Gasteiger partial charge < -0.3 is 5.11 Å². The zero-order valence-corrected chi connectivity index (χ0v) is 8.97. The smallest absolute Gasteiger partial charge is 0.298 e. The largest absolute Gasteiger partial charge is 0.507 e. The molecule has 0 fully saturated rings. The van der Waals surface area contributed by atoms with E-state index in [9.17, 15) is 15.2 Å². The number of hydrogen-bond donors (Lipinski definition) is 1. The number of nitro groups is 1. The predicted molar refractivity (Wildman–Crippen MR) is 59.0 cm³/mol. The van der Waals surface area contributed by atoms with E-state index >= 15 is 0 Å². The minimum Gasteiger partial charge on any atom is -0.507 e. The molecule has 0 unspecified atom stereocenters. The van der Waals surface area contributed by atoms with Gasteiger partial charge in [0.1, 0.15) is 28.5 Å². The number of rotatable bonds is 2. The molecular formula is C10H4ClN3O3. The van der Waals surface area contributed by atoms with Gasteiger partial charge in [0.05, 0.1) is 10.5 Å². The van der Waals surface area contributed by atoms with Crippen LogP contribution in [0.4, 0.5) is 5.69 Å². The van der Waals surface area contributed by atoms with Crippen LogP contribution in [-0.2, 0) is 0 Å². The number of benzene rings is 1. The van der Waals surface area contributed by atoms with E-state index < -0.39 is 16.4 Å². The van der Waals surface area contributed by atoms with Gasteiger partial charge in [-0.2, -0.15) is 10.5 Å². The van der Waals surface area contributed by atoms with Gasteiger partial charge in [-0.25, -0.2) is 0 Å². The van der Waals surface area contributed by atoms with Crippen molar-refractivity contribution in [2.45, 2.75) is 0 Å². The lowest BCUT2D eigenvalue weighted by atomic mass is 10.1. The monoisotopic (exact) mass is 249 g/mol. The number of phenolic OH excluding ortho intramolecular Hbond substituents is 1. The Kier molecular flexibility index (Phi) is 3.66. The van der Waals surface area contributed by atoms with Gasteiger partial charge in [-0.1, -0.05) is 11.6 Å². The highest BCUT2D eigenvalue weighted by molar-refractivity contribution is 6.33. The predicted octanol–water partition coefficient (Wildman–Crippen LogP) is 2.38. The summed E-state index contributed by atoms with van der Waals surface area (Å²) in [6.07, 6.45) is 0.916. The molecule has 0 saturated heterocycles. The number of nitrogens with zero attached hydrogens (tertiary/aromatic N) is 3. The molecule has 1 aromatic rings. The Morgan fingerprint density at radius 1 is 1.47 bits per heavy atom. The third-order valence-electron chi connectivity index (χ3n) is 1.86. The van der Waals surface area contributed by atoms with E-state index in [2.05, 4.69) is 0 Å². The molecule has 0 aliphatic carbocycles. The molecule has 0 atom stereocenters. The van der Waals surface area contributed by atoms with E-state index in [1.807, 2.05) is 0 Å². The van der Waals surface area contributed by atoms with Crippen LogP contribution in [0.2, 0.25) is 5.02 Å². The van der Waals surface area contributed by atoms with Crippen LogP contribution >= 0.6 is 11.6 Å². The van der Waals surface area contributed by atoms with Crippen LogP contribution in [0.1, 0.15) is 5.56 Å². The number of aromatic hydroxyl groups is 1. The lowest BCUT2D eigenvalue weighted by Crippen LogP contribution is -1.93. The zero-order valence-electron chi connectivity index (χ0n) is 8.22. The number of phenols is 1. The number of hydrogen-bond acceptors (Lipinski definition) is 5. The molecule has 84 valence electrons. The van der Waals surface area contributed by atoms with Crippen molar-refractivity contribution in [1.29, 1.82) is 10.5 Å². The van der Waals surface area contributed by atoms with Crippen molar-refractivity contribution in [3.63, 3.8) is 0 Å². The standard InChI is InChI=1S/C10H4ClN3O3/c11-8-1-2-9(15)7(10(8)14(16)17)3-6(4-12)5-13/h1-3,15H. The molecule has 6 nitrogen and oxygen atoms in total. The van der Waals surface area contributed by atoms with E-state index in [-0.39, 0.29) is 16.2 Å². The molecular weight excluding hydrogens is 246 g/mol. The Bertz CT molecular complexity index is 580. The third-order valence-corrected chi connectivity index (χ3v) is 2.16. The maximum absolute atomic E-state index is 10.8. The highest BCUT2D eigenvalue weighted by Crippen LogP contribution is 2.35. The summed E-state index contributed by atoms with van der Waals surface area (Å²) in [6, 6.07) is 5.38. The number of nitro benzene ring substituents is 1. The van der Waals surface area contributed by atoms with Gasteiger partial charge in [-0.05, 0) is 18.2 Å². The summed E-state index contributed by atoms with van der Waals surface area (Å²) >= 11 is 5.62. The molecule has 0 aromatic heterocycles. The minimum absolute atomic E-state index is 0.186. The van der Waals surface area contributed by atoms with Crippen LogP contribution in [-0.4, -0.2) is 10.0 Å². The summed E-state index contributed by atoms with van der Waals surface area (Å²) in [6.45, 7) is 0. The van der Waals surface area contributed by atoms with Gasteiger partial charge in [-0.3, -0.25) is 10.1 Å². The molecule has 0 spiro atoms. The molecule has 0 bridgehead atoms. The van der Waals surface area contributed by atoms with Crippen molar-refractivity contribution in [3.8, 4) is 17.9 Å². The topological polar surface area (TPSA) is 111 Å². The van der Waals surface area contributed by atoms with Crippen LogP contribution in [0.5, 0.6) is 5.75 Å². The molecule has 0 amide bonds. The van der Waals surface area contributed by atoms with Gasteiger partial charge in [0.15, 0.2) is 0 Å². The van der Waals surface area contributed by atoms with Gasteiger partial charge in [0.2, 0.25) is 0 Å². The van der Waals surface area contributed by atoms with Crippen molar-refractivity contribution in [3.05, 3.63) is 38.4 Å². The Labute approximate surface area is 101 Å². The SMILES string of the molecule is N#CC(C#N)=Cc1c(O)ccc(Cl)c1[N+](=O)[O-]. The second-order valence-electron chi connectivity index (χ2n) is 2.87. The fourth-order valence-electron chi connectivity index (χ4n) is 1.13. The first-order valence-corrected chi connectivity index (χ1v) is 4.56. The summed E-state index contributed by atoms with van der Waals surface area (Å²) in [5.74, 6) is -0.427. The first-order valence-electron chi connectivity index (χ1n) is 4.19. The Morgan fingerprint density at radius 3 is 2.53 bits per heavy atom. The van der Waals surface area contributed by atoms with Gasteiger partial charge in [0.25, 0.3) is 5.69 Å². The van der Waals surface area contributed by atoms with Crippen molar-refractivity contribution >= 4 is 23.4 Å². The average molecular weight is 250 g/mol. The van der Waals surface area contributed by atoms with Crippen molar-refractivity contribution in [1.82, 2.24) is 0 Å². The molecule has 0 radical (unpaired) electrons. The normalized spacial score (nSPS) is 8.88. The van der Waals surface area contributed by atoms with Crippen LogP contribution in [0, 0.1) is 32.8 Å². The summed E-state index contributed by atoms with van der Waals surface area (Å²) in [5, 5.41) is 37.2. The summed E-state index contributed by atoms with van der Waals surface area (Å²) in [5.41, 5.74) is -1.18. The van der Waals surface area contributed by atoms with Gasteiger partial charge in [0, 0.05) is 0 Å². The first kappa shape index (κ1) is 12.5. The van der Waals surface area contributed by atoms with Crippen molar-refractivity contribution in [2.75, 3.05) is 0 Å². The van der Waals surface area contributed by atoms with E-state index in [4.69, 9.17) is 22.1 Å². The fraction of sp³-hybridized carbons (Fsp3) is 0. The summed E-state index contributed by atoms with van der Waals surface area (Å²) in [4.78, 5) is 9.98. The second kappa shape index (κ2) is 4.97. The van der Waals surface area contributed by atoms with E-state index in [0.717, 1.165) is 18.2 Å². The molecule has 0 heterocycles. The molecule has 17 heavy (non-hydrogen) atoms. The number of halogens is 1. The molecule has 7 heteroatoms. The van der Waals surface area contributed by atoms with Crippen molar-refractivity contribution < 1.29 is 10.0 Å². The zero-order chi connectivity index (χ0) is 13.0. The second-order valence-corrected chi connectivity index (χ2v) is 3.27. The molecule has 1 N–H and O–H groups in total. The van der Waals surface area contributed by atoms with Crippen LogP contribution in [0.15, 0.2) is 17.7 Å². The minimum atomic E-state index is -0.791. The quantitative estimate of drug-likeness (QED) is 0.491. The first-order chi connectivity index (χ1) is 8.01. The maximum atomic E-state index is 10.8. The highest BCUT2D eigenvalue weighted by Gasteiger charge is 2.21. The van der Waals surface area contributed by atoms with Crippen LogP contribution < -0.4 is 0 Å². The molecule has 0 aliphatic rings. The van der Waals surface area contributed by atoms with Crippen LogP contribution in [0.3, 0.4) is 0 Å². The van der Waals surface area contributed by atoms with Gasteiger partial charge in [-0.15, -0.1) is 0 Å². The lowest BCUT2D eigenvalue weighted by Gasteiger charge is -2.02. The molecule has 0 aliphatic heterocycles. The number of allylic oxidation sites excluding steroid dienone is 1. The van der Waals surface area contributed by atoms with Gasteiger partial charge >= 0.3 is 0 Å². The molecule has 0 saturated carbocycles. The fourth-order valence-corrected chi connectivity index (χ4v) is 1.37. The van der Waals surface area contributed by atoms with E-state index in [0.29, 0.717) is 0 Å². The van der Waals surface area contributed by atoms with E-state index in [1.165, 1.54) is 12.1 Å².